The average Bonchev–Trinajstić information content (AvgIpc) is 2.36. The lowest BCUT2D eigenvalue weighted by Gasteiger charge is -2.32. The standard InChI is InChI=1S/C13H19NO3.ClH/c1-3-9(2)12(16)13(14,17)11-6-4-10(8-15)5-7-11;/h4-9,12,16-17H,3,14H2,1-2H3;1H/t9?,12-,13-;/m0./s1. The molecule has 0 amide bonds. The second-order valence-electron chi connectivity index (χ2n) is 4.40. The van der Waals surface area contributed by atoms with Crippen LogP contribution in [-0.2, 0) is 5.72 Å². The number of nitrogens with two attached hydrogens (primary N) is 1. The van der Waals surface area contributed by atoms with E-state index in [9.17, 15) is 15.0 Å². The molecule has 1 aromatic rings. The predicted molar refractivity (Wildman–Crippen MR) is 72.6 cm³/mol. The third-order valence-corrected chi connectivity index (χ3v) is 3.14. The Labute approximate surface area is 113 Å². The van der Waals surface area contributed by atoms with E-state index in [1.54, 1.807) is 24.3 Å². The zero-order chi connectivity index (χ0) is 13.1. The van der Waals surface area contributed by atoms with E-state index in [0.29, 0.717) is 23.8 Å². The number of carbonyl (C=O) groups excluding carboxylic acids is 1. The average molecular weight is 274 g/mol. The van der Waals surface area contributed by atoms with Crippen molar-refractivity contribution in [2.24, 2.45) is 11.7 Å². The van der Waals surface area contributed by atoms with Gasteiger partial charge in [0, 0.05) is 11.1 Å². The van der Waals surface area contributed by atoms with Gasteiger partial charge in [-0.2, -0.15) is 0 Å². The highest BCUT2D eigenvalue weighted by atomic mass is 35.5. The first kappa shape index (κ1) is 17.1. The molecule has 0 radical (unpaired) electrons. The maximum atomic E-state index is 10.5. The SMILES string of the molecule is CCC(C)[C@H](O)[C@@](N)(O)c1ccc(C=O)cc1.Cl. The molecule has 102 valence electrons. The number of aliphatic hydroxyl groups excluding tert-OH is 1. The van der Waals surface area contributed by atoms with Crippen LogP contribution in [0.2, 0.25) is 0 Å². The number of hydrogen-bond acceptors (Lipinski definition) is 4. The summed E-state index contributed by atoms with van der Waals surface area (Å²) in [5.74, 6) is -0.115. The minimum absolute atomic E-state index is 0. The maximum Gasteiger partial charge on any atom is 0.166 e. The van der Waals surface area contributed by atoms with Crippen molar-refractivity contribution in [1.29, 1.82) is 0 Å². The monoisotopic (exact) mass is 273 g/mol. The van der Waals surface area contributed by atoms with Crippen LogP contribution in [0, 0.1) is 5.92 Å². The molecule has 0 saturated carbocycles. The molecule has 1 unspecified atom stereocenters. The van der Waals surface area contributed by atoms with Crippen molar-refractivity contribution < 1.29 is 15.0 Å². The van der Waals surface area contributed by atoms with Crippen molar-refractivity contribution >= 4 is 18.7 Å². The molecule has 18 heavy (non-hydrogen) atoms. The van der Waals surface area contributed by atoms with Crippen molar-refractivity contribution in [3.63, 3.8) is 0 Å². The van der Waals surface area contributed by atoms with Crippen LogP contribution in [0.4, 0.5) is 0 Å². The quantitative estimate of drug-likeness (QED) is 0.560. The first-order chi connectivity index (χ1) is 7.93. The second kappa shape index (κ2) is 6.85. The number of aliphatic hydroxyl groups is 2. The molecule has 0 fully saturated rings. The highest BCUT2D eigenvalue weighted by Crippen LogP contribution is 2.25. The summed E-state index contributed by atoms with van der Waals surface area (Å²) < 4.78 is 0. The van der Waals surface area contributed by atoms with Gasteiger partial charge in [-0.1, -0.05) is 44.5 Å². The number of halogens is 1. The van der Waals surface area contributed by atoms with Gasteiger partial charge in [-0.25, -0.2) is 0 Å². The van der Waals surface area contributed by atoms with Gasteiger partial charge in [0.05, 0.1) is 0 Å². The van der Waals surface area contributed by atoms with Crippen LogP contribution in [-0.4, -0.2) is 22.6 Å². The van der Waals surface area contributed by atoms with Crippen LogP contribution in [0.15, 0.2) is 24.3 Å². The van der Waals surface area contributed by atoms with E-state index in [0.717, 1.165) is 0 Å². The van der Waals surface area contributed by atoms with Crippen LogP contribution >= 0.6 is 12.4 Å². The van der Waals surface area contributed by atoms with Gasteiger partial charge in [0.25, 0.3) is 0 Å². The van der Waals surface area contributed by atoms with Gasteiger partial charge in [0.2, 0.25) is 0 Å². The minimum atomic E-state index is -1.79. The highest BCUT2D eigenvalue weighted by Gasteiger charge is 2.36. The van der Waals surface area contributed by atoms with E-state index in [1.165, 1.54) is 0 Å². The molecule has 0 aliphatic rings. The first-order valence-electron chi connectivity index (χ1n) is 5.68. The Morgan fingerprint density at radius 1 is 1.39 bits per heavy atom. The van der Waals surface area contributed by atoms with E-state index in [1.807, 2.05) is 13.8 Å². The summed E-state index contributed by atoms with van der Waals surface area (Å²) in [6.45, 7) is 3.74. The van der Waals surface area contributed by atoms with Crippen LogP contribution in [0.25, 0.3) is 0 Å². The van der Waals surface area contributed by atoms with Crippen molar-refractivity contribution in [3.05, 3.63) is 35.4 Å². The lowest BCUT2D eigenvalue weighted by molar-refractivity contribution is -0.100. The number of aldehydes is 1. The van der Waals surface area contributed by atoms with E-state index < -0.39 is 11.8 Å². The minimum Gasteiger partial charge on any atom is -0.388 e. The summed E-state index contributed by atoms with van der Waals surface area (Å²) in [5, 5.41) is 20.1. The van der Waals surface area contributed by atoms with Crippen molar-refractivity contribution in [2.45, 2.75) is 32.1 Å². The van der Waals surface area contributed by atoms with E-state index in [-0.39, 0.29) is 18.3 Å². The predicted octanol–water partition coefficient (Wildman–Crippen LogP) is 1.43. The summed E-state index contributed by atoms with van der Waals surface area (Å²) >= 11 is 0. The largest absolute Gasteiger partial charge is 0.388 e. The Morgan fingerprint density at radius 3 is 2.28 bits per heavy atom. The van der Waals surface area contributed by atoms with Crippen molar-refractivity contribution in [1.82, 2.24) is 0 Å². The summed E-state index contributed by atoms with van der Waals surface area (Å²) in [6, 6.07) is 6.22. The molecular formula is C13H20ClNO3. The van der Waals surface area contributed by atoms with Gasteiger partial charge < -0.3 is 10.2 Å². The highest BCUT2D eigenvalue weighted by molar-refractivity contribution is 5.85. The van der Waals surface area contributed by atoms with Crippen LogP contribution in [0.1, 0.15) is 36.2 Å². The smallest absolute Gasteiger partial charge is 0.166 e. The summed E-state index contributed by atoms with van der Waals surface area (Å²) in [7, 11) is 0. The normalized spacial score (nSPS) is 17.2. The van der Waals surface area contributed by atoms with E-state index in [4.69, 9.17) is 5.73 Å². The Hall–Kier alpha value is -0.940. The fourth-order valence-electron chi connectivity index (χ4n) is 1.66. The van der Waals surface area contributed by atoms with Crippen LogP contribution < -0.4 is 5.73 Å². The number of rotatable bonds is 5. The van der Waals surface area contributed by atoms with Crippen LogP contribution in [0.5, 0.6) is 0 Å². The molecule has 0 aromatic heterocycles. The van der Waals surface area contributed by atoms with Gasteiger partial charge in [-0.15, -0.1) is 12.4 Å². The summed E-state index contributed by atoms with van der Waals surface area (Å²) in [5.41, 5.74) is 4.87. The first-order valence-corrected chi connectivity index (χ1v) is 5.68. The Bertz CT molecular complexity index is 378. The molecule has 1 rings (SSSR count). The molecule has 4 nitrogen and oxygen atoms in total. The fraction of sp³-hybridized carbons (Fsp3) is 0.462. The van der Waals surface area contributed by atoms with Gasteiger partial charge in [-0.05, 0) is 5.92 Å². The second-order valence-corrected chi connectivity index (χ2v) is 4.40. The van der Waals surface area contributed by atoms with Crippen molar-refractivity contribution in [3.8, 4) is 0 Å². The lowest BCUT2D eigenvalue weighted by Crippen LogP contribution is -2.50. The van der Waals surface area contributed by atoms with Gasteiger partial charge in [-0.3, -0.25) is 10.5 Å². The van der Waals surface area contributed by atoms with Crippen molar-refractivity contribution in [2.75, 3.05) is 0 Å². The zero-order valence-corrected chi connectivity index (χ0v) is 11.4. The van der Waals surface area contributed by atoms with Gasteiger partial charge >= 0.3 is 0 Å². The third kappa shape index (κ3) is 3.53. The molecule has 3 atom stereocenters. The molecule has 4 N–H and O–H groups in total. The fourth-order valence-corrected chi connectivity index (χ4v) is 1.66. The Morgan fingerprint density at radius 2 is 1.89 bits per heavy atom. The van der Waals surface area contributed by atoms with E-state index in [2.05, 4.69) is 0 Å². The molecule has 0 bridgehead atoms. The summed E-state index contributed by atoms with van der Waals surface area (Å²) in [6.07, 6.45) is 0.381. The Balaban J connectivity index is 0.00000289. The third-order valence-electron chi connectivity index (χ3n) is 3.14. The molecule has 0 aliphatic heterocycles. The van der Waals surface area contributed by atoms with Crippen LogP contribution in [0.3, 0.4) is 0 Å². The number of hydrogen-bond donors (Lipinski definition) is 3. The zero-order valence-electron chi connectivity index (χ0n) is 10.5. The molecule has 0 aliphatic carbocycles. The number of carbonyl (C=O) groups is 1. The molecule has 0 saturated heterocycles. The molecule has 0 spiro atoms. The molecule has 5 heteroatoms. The lowest BCUT2D eigenvalue weighted by atomic mass is 9.88. The van der Waals surface area contributed by atoms with Gasteiger partial charge in [0.1, 0.15) is 12.4 Å². The maximum absolute atomic E-state index is 10.5. The number of benzene rings is 1. The topological polar surface area (TPSA) is 83.6 Å². The molecular weight excluding hydrogens is 254 g/mol. The molecule has 0 heterocycles. The van der Waals surface area contributed by atoms with E-state index >= 15 is 0 Å². The summed E-state index contributed by atoms with van der Waals surface area (Å²) in [4.78, 5) is 10.5. The molecule has 1 aromatic carbocycles. The van der Waals surface area contributed by atoms with Gasteiger partial charge in [0.15, 0.2) is 5.72 Å². The Kier molecular flexibility index (Phi) is 6.49.